The molecule has 4 aromatic rings. The number of rotatable bonds is 4. The molecule has 0 bridgehead atoms. The molecule has 0 radical (unpaired) electrons. The predicted octanol–water partition coefficient (Wildman–Crippen LogP) is 4.63. The first-order valence-electron chi connectivity index (χ1n) is 8.96. The van der Waals surface area contributed by atoms with Gasteiger partial charge in [0.2, 0.25) is 5.91 Å². The fourth-order valence-electron chi connectivity index (χ4n) is 3.06. The summed E-state index contributed by atoms with van der Waals surface area (Å²) in [4.78, 5) is 30.9. The predicted molar refractivity (Wildman–Crippen MR) is 114 cm³/mol. The van der Waals surface area contributed by atoms with Crippen LogP contribution in [0.25, 0.3) is 21.3 Å². The molecule has 2 aromatic heterocycles. The van der Waals surface area contributed by atoms with Gasteiger partial charge in [0.25, 0.3) is 5.56 Å². The molecular formula is C22H19N3O2S. The van der Waals surface area contributed by atoms with Gasteiger partial charge in [0.1, 0.15) is 10.9 Å². The van der Waals surface area contributed by atoms with E-state index in [2.05, 4.69) is 10.3 Å². The third kappa shape index (κ3) is 3.34. The van der Waals surface area contributed by atoms with Crippen molar-refractivity contribution in [1.29, 1.82) is 0 Å². The van der Waals surface area contributed by atoms with Gasteiger partial charge in [-0.1, -0.05) is 48.0 Å². The summed E-state index contributed by atoms with van der Waals surface area (Å²) in [5.41, 5.74) is 3.41. The van der Waals surface area contributed by atoms with Gasteiger partial charge in [-0.25, -0.2) is 4.98 Å². The number of hydrogen-bond donors (Lipinski definition) is 1. The maximum atomic E-state index is 13.2. The van der Waals surface area contributed by atoms with E-state index in [4.69, 9.17) is 0 Å². The van der Waals surface area contributed by atoms with Gasteiger partial charge in [-0.15, -0.1) is 11.3 Å². The van der Waals surface area contributed by atoms with Gasteiger partial charge in [0, 0.05) is 16.6 Å². The average molecular weight is 389 g/mol. The highest BCUT2D eigenvalue weighted by molar-refractivity contribution is 7.17. The van der Waals surface area contributed by atoms with Gasteiger partial charge in [-0.3, -0.25) is 14.2 Å². The van der Waals surface area contributed by atoms with Crippen molar-refractivity contribution in [1.82, 2.24) is 9.55 Å². The summed E-state index contributed by atoms with van der Waals surface area (Å²) < 4.78 is 1.39. The van der Waals surface area contributed by atoms with Crippen LogP contribution >= 0.6 is 11.3 Å². The Kier molecular flexibility index (Phi) is 4.79. The van der Waals surface area contributed by atoms with E-state index < -0.39 is 6.04 Å². The number of thiophene rings is 1. The number of nitrogens with one attached hydrogen (secondary N) is 1. The molecular weight excluding hydrogens is 370 g/mol. The number of hydrogen-bond acceptors (Lipinski definition) is 4. The second kappa shape index (κ2) is 7.40. The van der Waals surface area contributed by atoms with Crippen LogP contribution in [0.3, 0.4) is 0 Å². The van der Waals surface area contributed by atoms with Crippen molar-refractivity contribution in [2.75, 3.05) is 5.32 Å². The Balaban J connectivity index is 1.70. The first-order chi connectivity index (χ1) is 13.5. The summed E-state index contributed by atoms with van der Waals surface area (Å²) in [5, 5.41) is 5.35. The van der Waals surface area contributed by atoms with Gasteiger partial charge >= 0.3 is 0 Å². The normalized spacial score (nSPS) is 12.1. The standard InChI is InChI=1S/C22H19N3O2S/c1-14-8-10-17(11-9-14)24-20(26)15(2)25-13-23-21-19(22(25)27)18(12-28-21)16-6-4-3-5-7-16/h3-13,15H,1-2H3,(H,24,26)/t15-/m0/s1. The first-order valence-corrected chi connectivity index (χ1v) is 9.84. The minimum Gasteiger partial charge on any atom is -0.324 e. The van der Waals surface area contributed by atoms with Crippen molar-refractivity contribution in [2.24, 2.45) is 0 Å². The highest BCUT2D eigenvalue weighted by atomic mass is 32.1. The number of fused-ring (bicyclic) bond motifs is 1. The number of nitrogens with zero attached hydrogens (tertiary/aromatic N) is 2. The zero-order chi connectivity index (χ0) is 19.7. The van der Waals surface area contributed by atoms with Crippen LogP contribution in [-0.4, -0.2) is 15.5 Å². The third-order valence-electron chi connectivity index (χ3n) is 4.72. The summed E-state index contributed by atoms with van der Waals surface area (Å²) >= 11 is 1.43. The van der Waals surface area contributed by atoms with E-state index in [9.17, 15) is 9.59 Å². The molecule has 0 unspecified atom stereocenters. The number of amides is 1. The second-order valence-corrected chi connectivity index (χ2v) is 7.54. The Bertz CT molecular complexity index is 1190. The largest absolute Gasteiger partial charge is 0.324 e. The van der Waals surface area contributed by atoms with Crippen LogP contribution in [0.5, 0.6) is 0 Å². The van der Waals surface area contributed by atoms with Gasteiger partial charge in [0.05, 0.1) is 11.7 Å². The zero-order valence-corrected chi connectivity index (χ0v) is 16.4. The lowest BCUT2D eigenvalue weighted by molar-refractivity contribution is -0.118. The minimum atomic E-state index is -0.686. The first kappa shape index (κ1) is 18.1. The third-order valence-corrected chi connectivity index (χ3v) is 5.61. The highest BCUT2D eigenvalue weighted by Crippen LogP contribution is 2.30. The summed E-state index contributed by atoms with van der Waals surface area (Å²) in [6, 6.07) is 16.6. The van der Waals surface area contributed by atoms with Gasteiger partial charge in [-0.05, 0) is 31.5 Å². The van der Waals surface area contributed by atoms with Crippen molar-refractivity contribution in [3.05, 3.63) is 82.2 Å². The Morgan fingerprint density at radius 2 is 1.82 bits per heavy atom. The van der Waals surface area contributed by atoms with E-state index in [1.807, 2.05) is 66.9 Å². The van der Waals surface area contributed by atoms with Crippen LogP contribution < -0.4 is 10.9 Å². The fraction of sp³-hybridized carbons (Fsp3) is 0.136. The summed E-state index contributed by atoms with van der Waals surface area (Å²) in [7, 11) is 0. The summed E-state index contributed by atoms with van der Waals surface area (Å²) in [6.45, 7) is 3.69. The smallest absolute Gasteiger partial charge is 0.263 e. The Morgan fingerprint density at radius 1 is 1.11 bits per heavy atom. The second-order valence-electron chi connectivity index (χ2n) is 6.68. The van der Waals surface area contributed by atoms with Crippen molar-refractivity contribution < 1.29 is 4.79 Å². The molecule has 28 heavy (non-hydrogen) atoms. The van der Waals surface area contributed by atoms with Crippen molar-refractivity contribution in [2.45, 2.75) is 19.9 Å². The molecule has 0 aliphatic rings. The number of carbonyl (C=O) groups excluding carboxylic acids is 1. The average Bonchev–Trinajstić information content (AvgIpc) is 3.15. The van der Waals surface area contributed by atoms with Gasteiger partial charge in [-0.2, -0.15) is 0 Å². The van der Waals surface area contributed by atoms with Crippen LogP contribution in [0.15, 0.2) is 71.1 Å². The summed E-state index contributed by atoms with van der Waals surface area (Å²) in [6.07, 6.45) is 1.45. The lowest BCUT2D eigenvalue weighted by Gasteiger charge is -2.15. The van der Waals surface area contributed by atoms with E-state index in [0.29, 0.717) is 15.9 Å². The van der Waals surface area contributed by atoms with Crippen LogP contribution in [-0.2, 0) is 4.79 Å². The van der Waals surface area contributed by atoms with Crippen molar-refractivity contribution >= 4 is 33.1 Å². The van der Waals surface area contributed by atoms with Crippen LogP contribution in [0.1, 0.15) is 18.5 Å². The number of benzene rings is 2. The van der Waals surface area contributed by atoms with E-state index in [-0.39, 0.29) is 11.5 Å². The molecule has 0 aliphatic carbocycles. The SMILES string of the molecule is Cc1ccc(NC(=O)[C@H](C)n2cnc3scc(-c4ccccc4)c3c2=O)cc1. The maximum Gasteiger partial charge on any atom is 0.263 e. The number of aryl methyl sites for hydroxylation is 1. The molecule has 1 N–H and O–H groups in total. The molecule has 0 fully saturated rings. The van der Waals surface area contributed by atoms with Crippen LogP contribution in [0.4, 0.5) is 5.69 Å². The fourth-order valence-corrected chi connectivity index (χ4v) is 3.97. The molecule has 0 aliphatic heterocycles. The molecule has 0 saturated heterocycles. The monoisotopic (exact) mass is 389 g/mol. The Labute approximate surface area is 166 Å². The number of carbonyl (C=O) groups is 1. The Hall–Kier alpha value is -3.25. The lowest BCUT2D eigenvalue weighted by Crippen LogP contribution is -2.31. The van der Waals surface area contributed by atoms with Crippen LogP contribution in [0, 0.1) is 6.92 Å². The molecule has 1 amide bonds. The quantitative estimate of drug-likeness (QED) is 0.553. The molecule has 2 heterocycles. The van der Waals surface area contributed by atoms with E-state index >= 15 is 0 Å². The molecule has 140 valence electrons. The molecule has 4 rings (SSSR count). The van der Waals surface area contributed by atoms with Crippen molar-refractivity contribution in [3.63, 3.8) is 0 Å². The Morgan fingerprint density at radius 3 is 2.54 bits per heavy atom. The van der Waals surface area contributed by atoms with Crippen LogP contribution in [0.2, 0.25) is 0 Å². The topological polar surface area (TPSA) is 64.0 Å². The molecule has 0 saturated carbocycles. The van der Waals surface area contributed by atoms with E-state index in [0.717, 1.165) is 16.7 Å². The maximum absolute atomic E-state index is 13.2. The minimum absolute atomic E-state index is 0.211. The lowest BCUT2D eigenvalue weighted by atomic mass is 10.1. The van der Waals surface area contributed by atoms with Gasteiger partial charge in [0.15, 0.2) is 0 Å². The van der Waals surface area contributed by atoms with Crippen molar-refractivity contribution in [3.8, 4) is 11.1 Å². The zero-order valence-electron chi connectivity index (χ0n) is 15.5. The molecule has 1 atom stereocenters. The number of aromatic nitrogens is 2. The molecule has 6 heteroatoms. The molecule has 2 aromatic carbocycles. The number of anilines is 1. The van der Waals surface area contributed by atoms with E-state index in [1.165, 1.54) is 22.2 Å². The molecule has 0 spiro atoms. The highest BCUT2D eigenvalue weighted by Gasteiger charge is 2.20. The molecule has 5 nitrogen and oxygen atoms in total. The van der Waals surface area contributed by atoms with Gasteiger partial charge < -0.3 is 5.32 Å². The van der Waals surface area contributed by atoms with E-state index in [1.54, 1.807) is 6.92 Å². The summed E-state index contributed by atoms with van der Waals surface area (Å²) in [5.74, 6) is -0.261.